The van der Waals surface area contributed by atoms with E-state index in [1.807, 2.05) is 25.1 Å². The van der Waals surface area contributed by atoms with E-state index in [0.29, 0.717) is 39.8 Å². The summed E-state index contributed by atoms with van der Waals surface area (Å²) in [6, 6.07) is 15.5. The smallest absolute Gasteiger partial charge is 0.325 e. The number of ketones is 1. The number of benzene rings is 2. The average Bonchev–Trinajstić information content (AvgIpc) is 3.50. The minimum Gasteiger partial charge on any atom is -0.496 e. The van der Waals surface area contributed by atoms with Crippen molar-refractivity contribution >= 4 is 45.1 Å². The Morgan fingerprint density at radius 2 is 1.89 bits per heavy atom. The van der Waals surface area contributed by atoms with Crippen molar-refractivity contribution in [1.29, 1.82) is 0 Å². The zero-order chi connectivity index (χ0) is 25.1. The van der Waals surface area contributed by atoms with Crippen LogP contribution in [0.4, 0.5) is 15.6 Å². The van der Waals surface area contributed by atoms with Crippen LogP contribution in [-0.4, -0.2) is 38.9 Å². The Morgan fingerprint density at radius 3 is 2.72 bits per heavy atom. The van der Waals surface area contributed by atoms with Crippen molar-refractivity contribution in [3.8, 4) is 5.75 Å². The molecule has 0 radical (unpaired) electrons. The van der Waals surface area contributed by atoms with Gasteiger partial charge in [-0.3, -0.25) is 10.1 Å². The number of para-hydroxylation sites is 1. The molecule has 0 fully saturated rings. The molecule has 10 heteroatoms. The van der Waals surface area contributed by atoms with Gasteiger partial charge in [0.25, 0.3) is 0 Å². The van der Waals surface area contributed by atoms with E-state index in [1.54, 1.807) is 48.8 Å². The van der Waals surface area contributed by atoms with E-state index in [1.165, 1.54) is 18.4 Å². The van der Waals surface area contributed by atoms with Crippen molar-refractivity contribution in [2.24, 2.45) is 0 Å². The molecule has 3 heterocycles. The number of aromatic amines is 1. The molecular formula is C26H22N6O3S. The predicted molar refractivity (Wildman–Crippen MR) is 139 cm³/mol. The van der Waals surface area contributed by atoms with Crippen LogP contribution in [0.2, 0.25) is 0 Å². The number of carbonyl (C=O) groups excluding carboxylic acids is 2. The lowest BCUT2D eigenvalue weighted by Crippen LogP contribution is -2.21. The van der Waals surface area contributed by atoms with Crippen molar-refractivity contribution in [2.45, 2.75) is 13.3 Å². The number of H-pyrrole nitrogens is 1. The third kappa shape index (κ3) is 4.93. The first kappa shape index (κ1) is 23.2. The number of hydrogen-bond acceptors (Lipinski definition) is 7. The van der Waals surface area contributed by atoms with Gasteiger partial charge in [0.2, 0.25) is 0 Å². The van der Waals surface area contributed by atoms with Gasteiger partial charge in [0.15, 0.2) is 16.6 Å². The van der Waals surface area contributed by atoms with Crippen LogP contribution in [0.1, 0.15) is 32.2 Å². The van der Waals surface area contributed by atoms with Gasteiger partial charge in [0.1, 0.15) is 11.6 Å². The number of pyridine rings is 1. The molecule has 5 rings (SSSR count). The molecule has 36 heavy (non-hydrogen) atoms. The number of carbonyl (C=O) groups is 2. The Balaban J connectivity index is 1.30. The number of ether oxygens (including phenoxy) is 1. The number of urea groups is 1. The van der Waals surface area contributed by atoms with Gasteiger partial charge in [0.05, 0.1) is 23.9 Å². The molecule has 0 aliphatic carbocycles. The summed E-state index contributed by atoms with van der Waals surface area (Å²) in [6.07, 6.45) is 3.93. The lowest BCUT2D eigenvalue weighted by atomic mass is 9.99. The molecule has 9 nitrogen and oxygen atoms in total. The first-order valence-electron chi connectivity index (χ1n) is 11.1. The Hall–Kier alpha value is -4.57. The molecule has 0 unspecified atom stereocenters. The molecule has 3 aromatic heterocycles. The first-order valence-corrected chi connectivity index (χ1v) is 11.9. The van der Waals surface area contributed by atoms with E-state index in [9.17, 15) is 9.59 Å². The highest BCUT2D eigenvalue weighted by molar-refractivity contribution is 7.15. The van der Waals surface area contributed by atoms with Gasteiger partial charge >= 0.3 is 6.03 Å². The van der Waals surface area contributed by atoms with Crippen molar-refractivity contribution < 1.29 is 14.3 Å². The molecular weight excluding hydrogens is 476 g/mol. The first-order chi connectivity index (χ1) is 17.5. The third-order valence-corrected chi connectivity index (χ3v) is 6.35. The Kier molecular flexibility index (Phi) is 6.42. The summed E-state index contributed by atoms with van der Waals surface area (Å²) in [7, 11) is 1.52. The fourth-order valence-electron chi connectivity index (χ4n) is 3.77. The number of aromatic nitrogens is 4. The summed E-state index contributed by atoms with van der Waals surface area (Å²) in [5.74, 6) is 0.987. The quantitative estimate of drug-likeness (QED) is 0.265. The SMILES string of the molecule is COc1ccccc1C(=O)c1cc(C)ccc1NC(=O)Nc1ncc(Cc2nc3ncccc3[nH]2)s1. The molecule has 2 amide bonds. The zero-order valence-corrected chi connectivity index (χ0v) is 20.3. The second-order valence-corrected chi connectivity index (χ2v) is 9.14. The van der Waals surface area contributed by atoms with Crippen LogP contribution < -0.4 is 15.4 Å². The Labute approximate surface area is 210 Å². The number of nitrogens with zero attached hydrogens (tertiary/aromatic N) is 3. The number of imidazole rings is 1. The number of rotatable bonds is 7. The second kappa shape index (κ2) is 9.96. The van der Waals surface area contributed by atoms with E-state index in [-0.39, 0.29) is 5.78 Å². The fraction of sp³-hybridized carbons (Fsp3) is 0.115. The topological polar surface area (TPSA) is 122 Å². The zero-order valence-electron chi connectivity index (χ0n) is 19.5. The number of fused-ring (bicyclic) bond motifs is 1. The summed E-state index contributed by atoms with van der Waals surface area (Å²) in [4.78, 5) is 43.2. The maximum absolute atomic E-state index is 13.3. The van der Waals surface area contributed by atoms with Crippen LogP contribution in [0.15, 0.2) is 67.0 Å². The minimum atomic E-state index is -0.498. The van der Waals surface area contributed by atoms with Gasteiger partial charge in [-0.1, -0.05) is 23.8 Å². The van der Waals surface area contributed by atoms with Crippen LogP contribution in [0.5, 0.6) is 5.75 Å². The van der Waals surface area contributed by atoms with E-state index in [4.69, 9.17) is 4.74 Å². The summed E-state index contributed by atoms with van der Waals surface area (Å²) >= 11 is 1.34. The number of anilines is 2. The van der Waals surface area contributed by atoms with Crippen LogP contribution in [-0.2, 0) is 6.42 Å². The number of methoxy groups -OCH3 is 1. The molecule has 0 atom stereocenters. The molecule has 0 saturated carbocycles. The second-order valence-electron chi connectivity index (χ2n) is 8.02. The van der Waals surface area contributed by atoms with Crippen molar-refractivity contribution in [2.75, 3.05) is 17.7 Å². The normalized spacial score (nSPS) is 10.8. The standard InChI is InChI=1S/C26H22N6O3S/c1-15-9-10-19(18(12-15)23(33)17-6-3-4-8-21(17)35-2)30-25(34)32-26-28-14-16(36-26)13-22-29-20-7-5-11-27-24(20)31-22/h3-12,14H,13H2,1-2H3,(H,27,29,31)(H2,28,30,32,34). The summed E-state index contributed by atoms with van der Waals surface area (Å²) in [5.41, 5.74) is 3.59. The van der Waals surface area contributed by atoms with Gasteiger partial charge in [-0.25, -0.2) is 19.7 Å². The van der Waals surface area contributed by atoms with Crippen molar-refractivity contribution in [3.63, 3.8) is 0 Å². The molecule has 0 aliphatic rings. The van der Waals surface area contributed by atoms with E-state index in [2.05, 4.69) is 30.6 Å². The van der Waals surface area contributed by atoms with Crippen molar-refractivity contribution in [1.82, 2.24) is 19.9 Å². The highest BCUT2D eigenvalue weighted by Gasteiger charge is 2.19. The fourth-order valence-corrected chi connectivity index (χ4v) is 4.59. The number of hydrogen-bond donors (Lipinski definition) is 3. The van der Waals surface area contributed by atoms with Gasteiger partial charge < -0.3 is 15.0 Å². The Bertz CT molecular complexity index is 1540. The lowest BCUT2D eigenvalue weighted by Gasteiger charge is -2.13. The summed E-state index contributed by atoms with van der Waals surface area (Å²) < 4.78 is 5.34. The molecule has 3 N–H and O–H groups in total. The van der Waals surface area contributed by atoms with Crippen LogP contribution >= 0.6 is 11.3 Å². The highest BCUT2D eigenvalue weighted by atomic mass is 32.1. The summed E-state index contributed by atoms with van der Waals surface area (Å²) in [5, 5.41) is 5.96. The highest BCUT2D eigenvalue weighted by Crippen LogP contribution is 2.27. The predicted octanol–water partition coefficient (Wildman–Crippen LogP) is 5.20. The minimum absolute atomic E-state index is 0.247. The average molecular weight is 499 g/mol. The number of nitrogens with one attached hydrogen (secondary N) is 3. The number of thiazole rings is 1. The molecule has 180 valence electrons. The maximum atomic E-state index is 13.3. The van der Waals surface area contributed by atoms with Crippen LogP contribution in [0.3, 0.4) is 0 Å². The molecule has 0 spiro atoms. The van der Waals surface area contributed by atoms with Gasteiger partial charge in [0, 0.05) is 29.3 Å². The lowest BCUT2D eigenvalue weighted by molar-refractivity contribution is 0.103. The molecule has 0 saturated heterocycles. The van der Waals surface area contributed by atoms with Crippen LogP contribution in [0, 0.1) is 6.92 Å². The molecule has 2 aromatic carbocycles. The molecule has 5 aromatic rings. The number of aryl methyl sites for hydroxylation is 1. The van der Waals surface area contributed by atoms with E-state index >= 15 is 0 Å². The van der Waals surface area contributed by atoms with Crippen molar-refractivity contribution in [3.05, 3.63) is 94.4 Å². The van der Waals surface area contributed by atoms with Crippen LogP contribution in [0.25, 0.3) is 11.2 Å². The Morgan fingerprint density at radius 1 is 1.03 bits per heavy atom. The maximum Gasteiger partial charge on any atom is 0.325 e. The molecule has 0 bridgehead atoms. The van der Waals surface area contributed by atoms with Gasteiger partial charge in [-0.05, 0) is 43.3 Å². The summed E-state index contributed by atoms with van der Waals surface area (Å²) in [6.45, 7) is 1.89. The van der Waals surface area contributed by atoms with Gasteiger partial charge in [-0.15, -0.1) is 11.3 Å². The molecule has 0 aliphatic heterocycles. The van der Waals surface area contributed by atoms with E-state index < -0.39 is 6.03 Å². The van der Waals surface area contributed by atoms with E-state index in [0.717, 1.165) is 21.8 Å². The largest absolute Gasteiger partial charge is 0.496 e. The third-order valence-electron chi connectivity index (χ3n) is 5.44. The monoisotopic (exact) mass is 498 g/mol. The number of amides is 2. The van der Waals surface area contributed by atoms with Gasteiger partial charge in [-0.2, -0.15) is 0 Å².